The van der Waals surface area contributed by atoms with Gasteiger partial charge < -0.3 is 9.47 Å². The number of ether oxygens (including phenoxy) is 2. The SMILES string of the molecule is C(=N\n1cnnc1)/c1cn(-c2ccccc2)nc1-c1ccc2c(c1)OCCO2. The lowest BCUT2D eigenvalue weighted by Crippen LogP contribution is -2.15. The second-order valence-corrected chi connectivity index (χ2v) is 6.16. The van der Waals surface area contributed by atoms with Crippen molar-refractivity contribution in [1.29, 1.82) is 0 Å². The summed E-state index contributed by atoms with van der Waals surface area (Å²) in [6.45, 7) is 1.10. The van der Waals surface area contributed by atoms with Gasteiger partial charge in [-0.1, -0.05) is 18.2 Å². The van der Waals surface area contributed by atoms with Crippen LogP contribution in [-0.2, 0) is 0 Å². The maximum Gasteiger partial charge on any atom is 0.162 e. The highest BCUT2D eigenvalue weighted by Gasteiger charge is 2.16. The molecule has 1 aliphatic heterocycles. The molecule has 0 atom stereocenters. The first-order valence-corrected chi connectivity index (χ1v) is 8.81. The molecule has 5 rings (SSSR count). The molecule has 0 aliphatic carbocycles. The predicted molar refractivity (Wildman–Crippen MR) is 103 cm³/mol. The zero-order chi connectivity index (χ0) is 18.8. The summed E-state index contributed by atoms with van der Waals surface area (Å²) < 4.78 is 14.7. The summed E-state index contributed by atoms with van der Waals surface area (Å²) in [6.07, 6.45) is 6.74. The number of aromatic nitrogens is 5. The minimum atomic E-state index is 0.539. The van der Waals surface area contributed by atoms with Crippen molar-refractivity contribution >= 4 is 6.21 Å². The Hall–Kier alpha value is -3.94. The summed E-state index contributed by atoms with van der Waals surface area (Å²) in [5.41, 5.74) is 3.53. The minimum absolute atomic E-state index is 0.539. The molecule has 0 saturated heterocycles. The summed E-state index contributed by atoms with van der Waals surface area (Å²) in [4.78, 5) is 0. The van der Waals surface area contributed by atoms with Crippen molar-refractivity contribution in [3.63, 3.8) is 0 Å². The molecule has 1 aliphatic rings. The average Bonchev–Trinajstić information content (AvgIpc) is 3.42. The van der Waals surface area contributed by atoms with Gasteiger partial charge in [0, 0.05) is 17.3 Å². The smallest absolute Gasteiger partial charge is 0.162 e. The average molecular weight is 372 g/mol. The van der Waals surface area contributed by atoms with E-state index in [0.717, 1.165) is 34.0 Å². The first kappa shape index (κ1) is 16.2. The van der Waals surface area contributed by atoms with Gasteiger partial charge >= 0.3 is 0 Å². The third kappa shape index (κ3) is 3.11. The molecular formula is C20H16N6O2. The molecule has 0 fully saturated rings. The molecule has 0 N–H and O–H groups in total. The number of hydrogen-bond acceptors (Lipinski definition) is 6. The minimum Gasteiger partial charge on any atom is -0.486 e. The van der Waals surface area contributed by atoms with Gasteiger partial charge in [0.2, 0.25) is 0 Å². The number of rotatable bonds is 4. The van der Waals surface area contributed by atoms with Gasteiger partial charge in [-0.2, -0.15) is 10.2 Å². The van der Waals surface area contributed by atoms with Gasteiger partial charge in [0.25, 0.3) is 0 Å². The molecule has 3 heterocycles. The van der Waals surface area contributed by atoms with Crippen molar-refractivity contribution in [1.82, 2.24) is 24.7 Å². The van der Waals surface area contributed by atoms with Gasteiger partial charge in [0.05, 0.1) is 11.9 Å². The monoisotopic (exact) mass is 372 g/mol. The Labute approximate surface area is 160 Å². The van der Waals surface area contributed by atoms with Gasteiger partial charge in [-0.15, -0.1) is 10.2 Å². The van der Waals surface area contributed by atoms with Crippen molar-refractivity contribution in [2.75, 3.05) is 13.2 Å². The van der Waals surface area contributed by atoms with Crippen LogP contribution in [0.25, 0.3) is 16.9 Å². The molecule has 0 unspecified atom stereocenters. The topological polar surface area (TPSA) is 79.4 Å². The quantitative estimate of drug-likeness (QED) is 0.515. The molecule has 8 nitrogen and oxygen atoms in total. The van der Waals surface area contributed by atoms with Gasteiger partial charge in [0.1, 0.15) is 31.6 Å². The zero-order valence-corrected chi connectivity index (χ0v) is 14.8. The molecule has 4 aromatic rings. The van der Waals surface area contributed by atoms with E-state index in [1.807, 2.05) is 59.4 Å². The van der Waals surface area contributed by atoms with E-state index in [4.69, 9.17) is 14.6 Å². The van der Waals surface area contributed by atoms with E-state index >= 15 is 0 Å². The summed E-state index contributed by atoms with van der Waals surface area (Å²) in [5.74, 6) is 1.47. The third-order valence-corrected chi connectivity index (χ3v) is 4.32. The fraction of sp³-hybridized carbons (Fsp3) is 0.100. The molecule has 0 amide bonds. The number of fused-ring (bicyclic) bond motifs is 1. The highest BCUT2D eigenvalue weighted by Crippen LogP contribution is 2.35. The van der Waals surface area contributed by atoms with Crippen LogP contribution < -0.4 is 9.47 Å². The number of benzene rings is 2. The second-order valence-electron chi connectivity index (χ2n) is 6.16. The van der Waals surface area contributed by atoms with Gasteiger partial charge in [-0.25, -0.2) is 9.36 Å². The van der Waals surface area contributed by atoms with Crippen LogP contribution in [0.3, 0.4) is 0 Å². The molecule has 0 spiro atoms. The summed E-state index contributed by atoms with van der Waals surface area (Å²) >= 11 is 0. The normalized spacial score (nSPS) is 13.1. The second kappa shape index (κ2) is 6.99. The lowest BCUT2D eigenvalue weighted by Gasteiger charge is -2.18. The van der Waals surface area contributed by atoms with E-state index in [-0.39, 0.29) is 0 Å². The van der Waals surface area contributed by atoms with E-state index in [1.54, 1.807) is 6.21 Å². The standard InChI is InChI=1S/C20H16N6O2/c1-2-4-17(5-3-1)26-12-16(11-23-25-13-21-22-14-25)20(24-26)15-6-7-18-19(10-15)28-9-8-27-18/h1-7,10-14H,8-9H2/b23-11+. The maximum absolute atomic E-state index is 5.72. The Morgan fingerprint density at radius 1 is 0.929 bits per heavy atom. The fourth-order valence-corrected chi connectivity index (χ4v) is 2.99. The van der Waals surface area contributed by atoms with Crippen molar-refractivity contribution in [2.24, 2.45) is 5.10 Å². The summed E-state index contributed by atoms with van der Waals surface area (Å²) in [5, 5.41) is 16.7. The molecule has 138 valence electrons. The van der Waals surface area contributed by atoms with Crippen molar-refractivity contribution in [3.8, 4) is 28.4 Å². The Morgan fingerprint density at radius 3 is 2.54 bits per heavy atom. The molecule has 28 heavy (non-hydrogen) atoms. The number of para-hydroxylation sites is 1. The predicted octanol–water partition coefficient (Wildman–Crippen LogP) is 2.78. The Kier molecular flexibility index (Phi) is 4.06. The van der Waals surface area contributed by atoms with Crippen LogP contribution in [0.1, 0.15) is 5.56 Å². The van der Waals surface area contributed by atoms with Crippen molar-refractivity contribution in [2.45, 2.75) is 0 Å². The van der Waals surface area contributed by atoms with Gasteiger partial charge in [-0.05, 0) is 30.3 Å². The Balaban J connectivity index is 1.60. The molecular weight excluding hydrogens is 356 g/mol. The van der Waals surface area contributed by atoms with E-state index < -0.39 is 0 Å². The Bertz CT molecular complexity index is 1120. The van der Waals surface area contributed by atoms with Crippen LogP contribution in [-0.4, -0.2) is 44.1 Å². The van der Waals surface area contributed by atoms with Crippen LogP contribution in [0.15, 0.2) is 72.5 Å². The molecule has 0 saturated carbocycles. The Morgan fingerprint density at radius 2 is 1.71 bits per heavy atom. The molecule has 0 radical (unpaired) electrons. The zero-order valence-electron chi connectivity index (χ0n) is 14.8. The molecule has 8 heteroatoms. The van der Waals surface area contributed by atoms with Gasteiger partial charge in [0.15, 0.2) is 11.5 Å². The van der Waals surface area contributed by atoms with Crippen molar-refractivity contribution < 1.29 is 9.47 Å². The van der Waals surface area contributed by atoms with Crippen LogP contribution in [0.4, 0.5) is 0 Å². The van der Waals surface area contributed by atoms with E-state index in [2.05, 4.69) is 15.3 Å². The lowest BCUT2D eigenvalue weighted by atomic mass is 10.1. The van der Waals surface area contributed by atoms with Crippen LogP contribution in [0.2, 0.25) is 0 Å². The van der Waals surface area contributed by atoms with Crippen molar-refractivity contribution in [3.05, 3.63) is 72.9 Å². The van der Waals surface area contributed by atoms with E-state index in [9.17, 15) is 0 Å². The fourth-order valence-electron chi connectivity index (χ4n) is 2.99. The number of nitrogens with zero attached hydrogens (tertiary/aromatic N) is 6. The maximum atomic E-state index is 5.72. The molecule has 2 aromatic carbocycles. The highest BCUT2D eigenvalue weighted by atomic mass is 16.6. The summed E-state index contributed by atoms with van der Waals surface area (Å²) in [6, 6.07) is 15.8. The van der Waals surface area contributed by atoms with Crippen LogP contribution in [0, 0.1) is 0 Å². The number of hydrogen-bond donors (Lipinski definition) is 0. The molecule has 0 bridgehead atoms. The molecule has 2 aromatic heterocycles. The van der Waals surface area contributed by atoms with E-state index in [1.165, 1.54) is 17.3 Å². The summed E-state index contributed by atoms with van der Waals surface area (Å²) in [7, 11) is 0. The first-order valence-electron chi connectivity index (χ1n) is 8.81. The largest absolute Gasteiger partial charge is 0.486 e. The lowest BCUT2D eigenvalue weighted by molar-refractivity contribution is 0.171. The third-order valence-electron chi connectivity index (χ3n) is 4.32. The van der Waals surface area contributed by atoms with Crippen LogP contribution >= 0.6 is 0 Å². The highest BCUT2D eigenvalue weighted by molar-refractivity contribution is 5.89. The first-order chi connectivity index (χ1) is 13.9. The van der Waals surface area contributed by atoms with Gasteiger partial charge in [-0.3, -0.25) is 0 Å². The van der Waals surface area contributed by atoms with Crippen LogP contribution in [0.5, 0.6) is 11.5 Å². The van der Waals surface area contributed by atoms with E-state index in [0.29, 0.717) is 13.2 Å².